The normalized spacial score (nSPS) is 10.3. The van der Waals surface area contributed by atoms with Crippen molar-refractivity contribution in [3.63, 3.8) is 0 Å². The molecule has 0 atom stereocenters. The maximum absolute atomic E-state index is 11.0. The standard InChI is InChI=1S/C11H13BrN2O/c1-2-13-11(15)14-7-6-9-4-3-5-10(12)8-9/h3-8H,2H2,1H3,(H2,13,14,15)/b7-6+. The Morgan fingerprint density at radius 3 is 3.00 bits per heavy atom. The molecule has 2 N–H and O–H groups in total. The fraction of sp³-hybridized carbons (Fsp3) is 0.182. The van der Waals surface area contributed by atoms with Crippen molar-refractivity contribution in [2.24, 2.45) is 0 Å². The number of nitrogens with one attached hydrogen (secondary N) is 2. The number of hydrogen-bond donors (Lipinski definition) is 2. The lowest BCUT2D eigenvalue weighted by atomic mass is 10.2. The van der Waals surface area contributed by atoms with Gasteiger partial charge in [-0.1, -0.05) is 28.1 Å². The summed E-state index contributed by atoms with van der Waals surface area (Å²) < 4.78 is 1.02. The number of carbonyl (C=O) groups is 1. The van der Waals surface area contributed by atoms with Crippen LogP contribution in [0.15, 0.2) is 34.9 Å². The van der Waals surface area contributed by atoms with Gasteiger partial charge in [0.1, 0.15) is 0 Å². The van der Waals surface area contributed by atoms with E-state index in [4.69, 9.17) is 0 Å². The average molecular weight is 269 g/mol. The third kappa shape index (κ3) is 4.65. The van der Waals surface area contributed by atoms with Gasteiger partial charge in [0.2, 0.25) is 0 Å². The van der Waals surface area contributed by atoms with Crippen molar-refractivity contribution in [2.75, 3.05) is 6.54 Å². The van der Waals surface area contributed by atoms with Gasteiger partial charge in [0.25, 0.3) is 0 Å². The van der Waals surface area contributed by atoms with E-state index in [1.165, 1.54) is 0 Å². The second-order valence-corrected chi connectivity index (χ2v) is 3.81. The molecule has 4 heteroatoms. The molecule has 0 aromatic heterocycles. The van der Waals surface area contributed by atoms with Crippen LogP contribution in [0.25, 0.3) is 6.08 Å². The predicted molar refractivity (Wildman–Crippen MR) is 65.4 cm³/mol. The van der Waals surface area contributed by atoms with Gasteiger partial charge in [0.15, 0.2) is 0 Å². The van der Waals surface area contributed by atoms with Crippen LogP contribution in [0.3, 0.4) is 0 Å². The Balaban J connectivity index is 2.48. The molecule has 0 fully saturated rings. The van der Waals surface area contributed by atoms with Crippen molar-refractivity contribution >= 4 is 28.0 Å². The largest absolute Gasteiger partial charge is 0.338 e. The van der Waals surface area contributed by atoms with Gasteiger partial charge in [-0.15, -0.1) is 0 Å². The summed E-state index contributed by atoms with van der Waals surface area (Å²) in [6, 6.07) is 7.63. The zero-order valence-electron chi connectivity index (χ0n) is 8.46. The molecule has 80 valence electrons. The maximum atomic E-state index is 11.0. The maximum Gasteiger partial charge on any atom is 0.318 e. The van der Waals surface area contributed by atoms with E-state index >= 15 is 0 Å². The fourth-order valence-electron chi connectivity index (χ4n) is 1.04. The third-order valence-electron chi connectivity index (χ3n) is 1.68. The van der Waals surface area contributed by atoms with Crippen LogP contribution in [0.5, 0.6) is 0 Å². The highest BCUT2D eigenvalue weighted by atomic mass is 79.9. The minimum atomic E-state index is -0.191. The Bertz CT molecular complexity index is 363. The molecule has 2 amide bonds. The number of rotatable bonds is 3. The van der Waals surface area contributed by atoms with Crippen LogP contribution in [0.2, 0.25) is 0 Å². The first-order valence-corrected chi connectivity index (χ1v) is 5.48. The number of benzene rings is 1. The number of halogens is 1. The zero-order valence-corrected chi connectivity index (χ0v) is 10.0. The number of amides is 2. The first-order valence-electron chi connectivity index (χ1n) is 4.69. The molecule has 0 radical (unpaired) electrons. The van der Waals surface area contributed by atoms with E-state index in [9.17, 15) is 4.79 Å². The predicted octanol–water partition coefficient (Wildman–Crippen LogP) is 2.74. The van der Waals surface area contributed by atoms with Crippen LogP contribution < -0.4 is 10.6 Å². The van der Waals surface area contributed by atoms with Crippen LogP contribution in [0.1, 0.15) is 12.5 Å². The summed E-state index contributed by atoms with van der Waals surface area (Å²) in [5.74, 6) is 0. The van der Waals surface area contributed by atoms with E-state index in [-0.39, 0.29) is 6.03 Å². The van der Waals surface area contributed by atoms with Crippen LogP contribution in [-0.4, -0.2) is 12.6 Å². The molecule has 1 rings (SSSR count). The van der Waals surface area contributed by atoms with Gasteiger partial charge in [-0.25, -0.2) is 4.79 Å². The molecule has 0 aliphatic carbocycles. The smallest absolute Gasteiger partial charge is 0.318 e. The summed E-state index contributed by atoms with van der Waals surface area (Å²) in [7, 11) is 0. The fourth-order valence-corrected chi connectivity index (χ4v) is 1.45. The van der Waals surface area contributed by atoms with Gasteiger partial charge >= 0.3 is 6.03 Å². The molecule has 1 aromatic rings. The third-order valence-corrected chi connectivity index (χ3v) is 2.17. The van der Waals surface area contributed by atoms with Crippen LogP contribution in [-0.2, 0) is 0 Å². The summed E-state index contributed by atoms with van der Waals surface area (Å²) in [4.78, 5) is 11.0. The Labute approximate surface area is 97.7 Å². The van der Waals surface area contributed by atoms with Gasteiger partial charge in [-0.05, 0) is 30.7 Å². The molecule has 0 spiro atoms. The Morgan fingerprint density at radius 1 is 1.53 bits per heavy atom. The monoisotopic (exact) mass is 268 g/mol. The quantitative estimate of drug-likeness (QED) is 0.870. The number of carbonyl (C=O) groups excluding carboxylic acids is 1. The Hall–Kier alpha value is -1.29. The van der Waals surface area contributed by atoms with Crippen LogP contribution in [0.4, 0.5) is 4.79 Å². The summed E-state index contributed by atoms with van der Waals surface area (Å²) >= 11 is 3.37. The van der Waals surface area contributed by atoms with E-state index in [0.717, 1.165) is 10.0 Å². The average Bonchev–Trinajstić information content (AvgIpc) is 2.18. The van der Waals surface area contributed by atoms with E-state index in [1.54, 1.807) is 6.20 Å². The molecule has 1 aromatic carbocycles. The van der Waals surface area contributed by atoms with Crippen molar-refractivity contribution < 1.29 is 4.79 Å². The minimum absolute atomic E-state index is 0.191. The summed E-state index contributed by atoms with van der Waals surface area (Å²) in [6.07, 6.45) is 3.45. The summed E-state index contributed by atoms with van der Waals surface area (Å²) in [5.41, 5.74) is 1.03. The molecule has 0 bridgehead atoms. The van der Waals surface area contributed by atoms with Crippen molar-refractivity contribution in [1.82, 2.24) is 10.6 Å². The lowest BCUT2D eigenvalue weighted by molar-refractivity contribution is 0.244. The van der Waals surface area contributed by atoms with Gasteiger partial charge in [-0.2, -0.15) is 0 Å². The van der Waals surface area contributed by atoms with Crippen molar-refractivity contribution in [3.05, 3.63) is 40.5 Å². The highest BCUT2D eigenvalue weighted by Crippen LogP contribution is 2.12. The molecule has 0 aliphatic rings. The first kappa shape index (κ1) is 11.8. The Morgan fingerprint density at radius 2 is 2.33 bits per heavy atom. The molecular weight excluding hydrogens is 256 g/mol. The van der Waals surface area contributed by atoms with E-state index < -0.39 is 0 Å². The van der Waals surface area contributed by atoms with Gasteiger partial charge in [-0.3, -0.25) is 0 Å². The zero-order chi connectivity index (χ0) is 11.1. The van der Waals surface area contributed by atoms with Gasteiger partial charge in [0, 0.05) is 17.2 Å². The SMILES string of the molecule is CCNC(=O)N/C=C/c1cccc(Br)c1. The van der Waals surface area contributed by atoms with Crippen LogP contribution in [0, 0.1) is 0 Å². The first-order chi connectivity index (χ1) is 7.22. The molecular formula is C11H13BrN2O. The highest BCUT2D eigenvalue weighted by molar-refractivity contribution is 9.10. The topological polar surface area (TPSA) is 41.1 Å². The summed E-state index contributed by atoms with van der Waals surface area (Å²) in [6.45, 7) is 2.49. The molecule has 0 unspecified atom stereocenters. The second-order valence-electron chi connectivity index (χ2n) is 2.89. The molecule has 0 heterocycles. The van der Waals surface area contributed by atoms with Gasteiger partial charge in [0.05, 0.1) is 0 Å². The number of hydrogen-bond acceptors (Lipinski definition) is 1. The van der Waals surface area contributed by atoms with Crippen LogP contribution >= 0.6 is 15.9 Å². The van der Waals surface area contributed by atoms with Gasteiger partial charge < -0.3 is 10.6 Å². The van der Waals surface area contributed by atoms with E-state index in [2.05, 4.69) is 26.6 Å². The van der Waals surface area contributed by atoms with E-state index in [0.29, 0.717) is 6.54 Å². The minimum Gasteiger partial charge on any atom is -0.338 e. The lowest BCUT2D eigenvalue weighted by Crippen LogP contribution is -2.31. The number of urea groups is 1. The molecule has 15 heavy (non-hydrogen) atoms. The molecule has 0 aliphatic heterocycles. The lowest BCUT2D eigenvalue weighted by Gasteiger charge is -1.99. The molecule has 3 nitrogen and oxygen atoms in total. The molecule has 0 saturated carbocycles. The Kier molecular flexibility index (Phi) is 4.90. The van der Waals surface area contributed by atoms with E-state index in [1.807, 2.05) is 37.3 Å². The van der Waals surface area contributed by atoms with Crippen molar-refractivity contribution in [1.29, 1.82) is 0 Å². The van der Waals surface area contributed by atoms with Crippen molar-refractivity contribution in [2.45, 2.75) is 6.92 Å². The second kappa shape index (κ2) is 6.24. The molecule has 0 saturated heterocycles. The summed E-state index contributed by atoms with van der Waals surface area (Å²) in [5, 5.41) is 5.24. The highest BCUT2D eigenvalue weighted by Gasteiger charge is 1.92. The van der Waals surface area contributed by atoms with Crippen molar-refractivity contribution in [3.8, 4) is 0 Å².